The summed E-state index contributed by atoms with van der Waals surface area (Å²) in [6.45, 7) is 0. The maximum absolute atomic E-state index is 2.42. The molecule has 0 aliphatic rings. The average molecular weight is 608 g/mol. The van der Waals surface area contributed by atoms with E-state index in [2.05, 4.69) is 156 Å². The second-order valence-corrected chi connectivity index (χ2v) is 13.9. The molecule has 0 spiro atoms. The van der Waals surface area contributed by atoms with Crippen molar-refractivity contribution in [3.63, 3.8) is 0 Å². The van der Waals surface area contributed by atoms with Crippen molar-refractivity contribution in [2.45, 2.75) is 0 Å². The standard InChI is InChI=1S/C42H25NS2/c1-2-10-32(11-3-1)43-37-13-7-6-12-34(37)42-41(43)35-21-19-31(25-39(35)45-42)27-16-14-26(15-17-27)30-18-20-33-36-22-28-8-4-5-9-29(28)23-40(36)44-38(33)24-30/h1-25H. The van der Waals surface area contributed by atoms with Crippen LogP contribution in [0.5, 0.6) is 0 Å². The van der Waals surface area contributed by atoms with Crippen LogP contribution in [0.2, 0.25) is 0 Å². The third kappa shape index (κ3) is 3.85. The molecule has 0 aliphatic heterocycles. The second-order valence-electron chi connectivity index (χ2n) is 11.8. The zero-order valence-electron chi connectivity index (χ0n) is 24.2. The molecule has 3 aromatic heterocycles. The summed E-state index contributed by atoms with van der Waals surface area (Å²) in [5, 5.41) is 7.91. The minimum absolute atomic E-state index is 1.20. The van der Waals surface area contributed by atoms with Gasteiger partial charge in [0.25, 0.3) is 0 Å². The SMILES string of the molecule is c1ccc(-n2c3ccccc3c3sc4cc(-c5ccc(-c6ccc7c(c6)sc6cc8ccccc8cc67)cc5)ccc4c32)cc1. The maximum Gasteiger partial charge on any atom is 0.0727 e. The molecule has 0 atom stereocenters. The van der Waals surface area contributed by atoms with Crippen molar-refractivity contribution in [1.29, 1.82) is 0 Å². The van der Waals surface area contributed by atoms with Crippen LogP contribution < -0.4 is 0 Å². The Morgan fingerprint density at radius 2 is 0.956 bits per heavy atom. The minimum atomic E-state index is 1.20. The van der Waals surface area contributed by atoms with Gasteiger partial charge in [-0.05, 0) is 75.5 Å². The number of thiophene rings is 2. The topological polar surface area (TPSA) is 4.93 Å². The lowest BCUT2D eigenvalue weighted by atomic mass is 9.99. The number of hydrogen-bond acceptors (Lipinski definition) is 2. The molecule has 0 saturated heterocycles. The summed E-state index contributed by atoms with van der Waals surface area (Å²) in [6, 6.07) is 55.8. The highest BCUT2D eigenvalue weighted by molar-refractivity contribution is 7.27. The van der Waals surface area contributed by atoms with E-state index in [1.807, 2.05) is 22.7 Å². The summed E-state index contributed by atoms with van der Waals surface area (Å²) in [5.74, 6) is 0. The van der Waals surface area contributed by atoms with Gasteiger partial charge in [-0.25, -0.2) is 0 Å². The molecule has 0 bridgehead atoms. The van der Waals surface area contributed by atoms with Crippen LogP contribution in [-0.2, 0) is 0 Å². The molecule has 7 aromatic carbocycles. The summed E-state index contributed by atoms with van der Waals surface area (Å²) in [7, 11) is 0. The molecule has 1 nitrogen and oxygen atoms in total. The van der Waals surface area contributed by atoms with Gasteiger partial charge >= 0.3 is 0 Å². The van der Waals surface area contributed by atoms with Gasteiger partial charge in [0.15, 0.2) is 0 Å². The maximum atomic E-state index is 2.42. The zero-order valence-corrected chi connectivity index (χ0v) is 25.8. The van der Waals surface area contributed by atoms with E-state index in [9.17, 15) is 0 Å². The third-order valence-electron chi connectivity index (χ3n) is 9.18. The monoisotopic (exact) mass is 607 g/mol. The Hall–Kier alpha value is -5.22. The van der Waals surface area contributed by atoms with Gasteiger partial charge in [0, 0.05) is 41.3 Å². The molecule has 0 aliphatic carbocycles. The van der Waals surface area contributed by atoms with Gasteiger partial charge in [0.1, 0.15) is 0 Å². The van der Waals surface area contributed by atoms with Crippen LogP contribution in [0.25, 0.3) is 90.1 Å². The van der Waals surface area contributed by atoms with Gasteiger partial charge in [0.2, 0.25) is 0 Å². The number of nitrogens with zero attached hydrogens (tertiary/aromatic N) is 1. The zero-order chi connectivity index (χ0) is 29.5. The number of para-hydroxylation sites is 2. The first-order valence-corrected chi connectivity index (χ1v) is 16.9. The Morgan fingerprint density at radius 1 is 0.378 bits per heavy atom. The highest BCUT2D eigenvalue weighted by Gasteiger charge is 2.18. The van der Waals surface area contributed by atoms with Crippen LogP contribution in [0.1, 0.15) is 0 Å². The predicted molar refractivity (Wildman–Crippen MR) is 197 cm³/mol. The molecule has 0 N–H and O–H groups in total. The predicted octanol–water partition coefficient (Wildman–Crippen LogP) is 12.9. The fourth-order valence-electron chi connectivity index (χ4n) is 6.99. The highest BCUT2D eigenvalue weighted by atomic mass is 32.1. The van der Waals surface area contributed by atoms with Crippen molar-refractivity contribution in [3.8, 4) is 27.9 Å². The average Bonchev–Trinajstić information content (AvgIpc) is 3.75. The summed E-state index contributed by atoms with van der Waals surface area (Å²) in [6.07, 6.45) is 0. The molecule has 45 heavy (non-hydrogen) atoms. The summed E-state index contributed by atoms with van der Waals surface area (Å²) < 4.78 is 7.78. The first-order chi connectivity index (χ1) is 22.3. The molecule has 0 amide bonds. The smallest absolute Gasteiger partial charge is 0.0727 e. The fraction of sp³-hybridized carbons (Fsp3) is 0. The van der Waals surface area contributed by atoms with Crippen LogP contribution in [0.4, 0.5) is 0 Å². The van der Waals surface area contributed by atoms with E-state index in [1.54, 1.807) is 0 Å². The first-order valence-electron chi connectivity index (χ1n) is 15.3. The van der Waals surface area contributed by atoms with Crippen molar-refractivity contribution < 1.29 is 0 Å². The van der Waals surface area contributed by atoms with E-state index in [4.69, 9.17) is 0 Å². The van der Waals surface area contributed by atoms with Crippen LogP contribution in [0, 0.1) is 0 Å². The van der Waals surface area contributed by atoms with E-state index in [-0.39, 0.29) is 0 Å². The molecular weight excluding hydrogens is 583 g/mol. The Balaban J connectivity index is 1.04. The molecule has 0 radical (unpaired) electrons. The van der Waals surface area contributed by atoms with E-state index in [1.165, 1.54) is 90.1 Å². The van der Waals surface area contributed by atoms with Crippen molar-refractivity contribution >= 4 is 84.8 Å². The van der Waals surface area contributed by atoms with E-state index in [0.29, 0.717) is 0 Å². The van der Waals surface area contributed by atoms with Crippen LogP contribution in [0.15, 0.2) is 152 Å². The van der Waals surface area contributed by atoms with Gasteiger partial charge in [-0.3, -0.25) is 0 Å². The minimum Gasteiger partial charge on any atom is -0.308 e. The molecule has 3 heterocycles. The van der Waals surface area contributed by atoms with E-state index < -0.39 is 0 Å². The summed E-state index contributed by atoms with van der Waals surface area (Å²) in [5.41, 5.74) is 8.75. The largest absolute Gasteiger partial charge is 0.308 e. The summed E-state index contributed by atoms with van der Waals surface area (Å²) >= 11 is 3.79. The Bertz CT molecular complexity index is 2740. The summed E-state index contributed by atoms with van der Waals surface area (Å²) in [4.78, 5) is 0. The second kappa shape index (κ2) is 9.64. The van der Waals surface area contributed by atoms with Crippen molar-refractivity contribution in [1.82, 2.24) is 4.57 Å². The normalized spacial score (nSPS) is 12.0. The molecule has 0 unspecified atom stereocenters. The van der Waals surface area contributed by atoms with Crippen molar-refractivity contribution in [3.05, 3.63) is 152 Å². The lowest BCUT2D eigenvalue weighted by molar-refractivity contribution is 1.19. The molecule has 3 heteroatoms. The number of aromatic nitrogens is 1. The number of rotatable bonds is 3. The molecule has 10 aromatic rings. The lowest BCUT2D eigenvalue weighted by Crippen LogP contribution is -1.92. The van der Waals surface area contributed by atoms with Crippen LogP contribution in [0.3, 0.4) is 0 Å². The van der Waals surface area contributed by atoms with E-state index >= 15 is 0 Å². The number of fused-ring (bicyclic) bond motifs is 9. The van der Waals surface area contributed by atoms with Gasteiger partial charge in [-0.1, -0.05) is 109 Å². The van der Waals surface area contributed by atoms with Crippen LogP contribution >= 0.6 is 22.7 Å². The Kier molecular flexibility index (Phi) is 5.39. The number of hydrogen-bond donors (Lipinski definition) is 0. The van der Waals surface area contributed by atoms with Gasteiger partial charge in [-0.2, -0.15) is 0 Å². The fourth-order valence-corrected chi connectivity index (χ4v) is 9.43. The third-order valence-corrected chi connectivity index (χ3v) is 11.5. The van der Waals surface area contributed by atoms with Crippen molar-refractivity contribution in [2.75, 3.05) is 0 Å². The van der Waals surface area contributed by atoms with Gasteiger partial charge < -0.3 is 4.57 Å². The molecule has 210 valence electrons. The van der Waals surface area contributed by atoms with E-state index in [0.717, 1.165) is 0 Å². The molecule has 0 saturated carbocycles. The molecule has 0 fully saturated rings. The molecular formula is C42H25NS2. The Labute approximate surface area is 267 Å². The Morgan fingerprint density at radius 3 is 1.71 bits per heavy atom. The highest BCUT2D eigenvalue weighted by Crippen LogP contribution is 2.44. The molecule has 10 rings (SSSR count). The lowest BCUT2D eigenvalue weighted by Gasteiger charge is -2.08. The van der Waals surface area contributed by atoms with Crippen LogP contribution in [-0.4, -0.2) is 4.57 Å². The number of benzene rings is 7. The van der Waals surface area contributed by atoms with Gasteiger partial charge in [-0.15, -0.1) is 22.7 Å². The van der Waals surface area contributed by atoms with Gasteiger partial charge in [0.05, 0.1) is 15.7 Å². The van der Waals surface area contributed by atoms with Crippen molar-refractivity contribution in [2.24, 2.45) is 0 Å². The first kappa shape index (κ1) is 25.1. The quantitative estimate of drug-likeness (QED) is 0.188.